The Morgan fingerprint density at radius 2 is 1.94 bits per heavy atom. The molecule has 0 aliphatic heterocycles. The second kappa shape index (κ2) is 10.0. The first-order valence-electron chi connectivity index (χ1n) is 10.1. The van der Waals surface area contributed by atoms with Gasteiger partial charge in [-0.25, -0.2) is 19.9 Å². The molecule has 0 spiro atoms. The van der Waals surface area contributed by atoms with Gasteiger partial charge in [-0.15, -0.1) is 0 Å². The van der Waals surface area contributed by atoms with Crippen molar-refractivity contribution in [3.8, 4) is 23.5 Å². The van der Waals surface area contributed by atoms with Crippen LogP contribution in [0.1, 0.15) is 16.8 Å². The van der Waals surface area contributed by atoms with E-state index in [4.69, 9.17) is 26.8 Å². The Morgan fingerprint density at radius 1 is 1.06 bits per heavy atom. The number of nitrogens with zero attached hydrogens (tertiary/aromatic N) is 4. The van der Waals surface area contributed by atoms with Crippen LogP contribution in [-0.2, 0) is 6.42 Å². The van der Waals surface area contributed by atoms with Crippen molar-refractivity contribution in [1.82, 2.24) is 19.9 Å². The molecule has 0 aliphatic rings. The zero-order valence-electron chi connectivity index (χ0n) is 18.1. The summed E-state index contributed by atoms with van der Waals surface area (Å²) in [6.07, 6.45) is 5.63. The van der Waals surface area contributed by atoms with Crippen molar-refractivity contribution in [3.05, 3.63) is 70.9 Å². The summed E-state index contributed by atoms with van der Waals surface area (Å²) in [6, 6.07) is 8.91. The van der Waals surface area contributed by atoms with Crippen molar-refractivity contribution in [3.63, 3.8) is 0 Å². The van der Waals surface area contributed by atoms with Crippen LogP contribution in [0.3, 0.4) is 0 Å². The molecular weight excluding hydrogens is 440 g/mol. The fraction of sp³-hybridized carbons (Fsp3) is 0.167. The Labute approximate surface area is 196 Å². The summed E-state index contributed by atoms with van der Waals surface area (Å²) in [7, 11) is 3.41. The lowest BCUT2D eigenvalue weighted by Crippen LogP contribution is -2.05. The van der Waals surface area contributed by atoms with E-state index in [1.807, 2.05) is 6.07 Å². The average molecular weight is 461 g/mol. The SMILES string of the molecule is CNc1ncc(C#Cc2cc(CCOc3cccc(Cl)n3)c(OC)cn2)c2cc(N)ncc12. The molecule has 0 amide bonds. The van der Waals surface area contributed by atoms with Crippen molar-refractivity contribution in [2.24, 2.45) is 0 Å². The highest BCUT2D eigenvalue weighted by atomic mass is 35.5. The molecule has 0 aliphatic carbocycles. The van der Waals surface area contributed by atoms with E-state index in [9.17, 15) is 0 Å². The summed E-state index contributed by atoms with van der Waals surface area (Å²) in [6.45, 7) is 0.396. The Kier molecular flexibility index (Phi) is 6.72. The number of anilines is 2. The molecule has 0 bridgehead atoms. The van der Waals surface area contributed by atoms with E-state index in [0.29, 0.717) is 47.1 Å². The molecule has 8 nitrogen and oxygen atoms in total. The van der Waals surface area contributed by atoms with E-state index in [2.05, 4.69) is 37.1 Å². The van der Waals surface area contributed by atoms with Gasteiger partial charge in [0.1, 0.15) is 28.2 Å². The molecule has 0 saturated heterocycles. The predicted octanol–water partition coefficient (Wildman–Crippen LogP) is 3.73. The van der Waals surface area contributed by atoms with Crippen molar-refractivity contribution in [2.75, 3.05) is 31.8 Å². The van der Waals surface area contributed by atoms with Crippen LogP contribution in [-0.4, -0.2) is 40.7 Å². The van der Waals surface area contributed by atoms with Crippen molar-refractivity contribution < 1.29 is 9.47 Å². The van der Waals surface area contributed by atoms with Gasteiger partial charge in [0.05, 0.1) is 25.5 Å². The monoisotopic (exact) mass is 460 g/mol. The highest BCUT2D eigenvalue weighted by Gasteiger charge is 2.08. The molecule has 166 valence electrons. The number of nitrogens with one attached hydrogen (secondary N) is 1. The topological polar surface area (TPSA) is 108 Å². The van der Waals surface area contributed by atoms with Crippen LogP contribution in [0.2, 0.25) is 5.15 Å². The number of rotatable bonds is 6. The van der Waals surface area contributed by atoms with Crippen molar-refractivity contribution in [2.45, 2.75) is 6.42 Å². The van der Waals surface area contributed by atoms with Crippen LogP contribution in [0.15, 0.2) is 48.9 Å². The van der Waals surface area contributed by atoms with E-state index in [1.54, 1.807) is 57.0 Å². The molecule has 0 fully saturated rings. The predicted molar refractivity (Wildman–Crippen MR) is 129 cm³/mol. The molecular formula is C24H21ClN6O2. The first-order chi connectivity index (χ1) is 16.1. The van der Waals surface area contributed by atoms with Gasteiger partial charge < -0.3 is 20.5 Å². The van der Waals surface area contributed by atoms with E-state index in [1.165, 1.54) is 0 Å². The molecule has 0 saturated carbocycles. The van der Waals surface area contributed by atoms with Crippen molar-refractivity contribution >= 4 is 34.0 Å². The summed E-state index contributed by atoms with van der Waals surface area (Å²) in [4.78, 5) is 17.1. The van der Waals surface area contributed by atoms with Gasteiger partial charge in [-0.3, -0.25) is 0 Å². The molecule has 0 radical (unpaired) electrons. The molecule has 4 heterocycles. The normalized spacial score (nSPS) is 10.4. The number of methoxy groups -OCH3 is 1. The lowest BCUT2D eigenvalue weighted by Gasteiger charge is -2.09. The maximum absolute atomic E-state index is 5.90. The minimum atomic E-state index is 0.383. The summed E-state index contributed by atoms with van der Waals surface area (Å²) in [5.41, 5.74) is 8.13. The number of pyridine rings is 4. The van der Waals surface area contributed by atoms with Crippen LogP contribution in [0, 0.1) is 11.8 Å². The maximum Gasteiger partial charge on any atom is 0.214 e. The molecule has 0 unspecified atom stereocenters. The van der Waals surface area contributed by atoms with Crippen LogP contribution in [0.5, 0.6) is 11.6 Å². The van der Waals surface area contributed by atoms with Gasteiger partial charge in [-0.2, -0.15) is 0 Å². The maximum atomic E-state index is 5.90. The molecule has 4 rings (SSSR count). The number of hydrogen-bond acceptors (Lipinski definition) is 8. The number of nitrogens with two attached hydrogens (primary N) is 1. The highest BCUT2D eigenvalue weighted by Crippen LogP contribution is 2.25. The van der Waals surface area contributed by atoms with Crippen LogP contribution in [0.25, 0.3) is 10.8 Å². The van der Waals surface area contributed by atoms with Gasteiger partial charge in [-0.05, 0) is 24.1 Å². The summed E-state index contributed by atoms with van der Waals surface area (Å²) in [5.74, 6) is 8.51. The first-order valence-corrected chi connectivity index (χ1v) is 10.5. The number of fused-ring (bicyclic) bond motifs is 1. The number of hydrogen-bond donors (Lipinski definition) is 2. The standard InChI is InChI=1S/C24H21ClN6O2/c1-27-24-19-13-29-22(26)11-18(19)16(12-30-24)6-7-17-10-15(20(32-2)14-28-17)8-9-33-23-5-3-4-21(25)31-23/h3-5,10-14H,8-9H2,1-2H3,(H2,26,29)(H,27,30). The van der Waals surface area contributed by atoms with E-state index in [0.717, 1.165) is 21.9 Å². The van der Waals surface area contributed by atoms with E-state index < -0.39 is 0 Å². The second-order valence-corrected chi connectivity index (χ2v) is 7.34. The van der Waals surface area contributed by atoms with Gasteiger partial charge in [0.25, 0.3) is 0 Å². The van der Waals surface area contributed by atoms with Crippen molar-refractivity contribution in [1.29, 1.82) is 0 Å². The summed E-state index contributed by atoms with van der Waals surface area (Å²) >= 11 is 5.90. The summed E-state index contributed by atoms with van der Waals surface area (Å²) < 4.78 is 11.1. The number of halogens is 1. The Morgan fingerprint density at radius 3 is 2.73 bits per heavy atom. The molecule has 33 heavy (non-hydrogen) atoms. The fourth-order valence-corrected chi connectivity index (χ4v) is 3.41. The number of aromatic nitrogens is 4. The van der Waals surface area contributed by atoms with Gasteiger partial charge in [0, 0.05) is 48.3 Å². The molecule has 4 aromatic heterocycles. The lowest BCUT2D eigenvalue weighted by molar-refractivity contribution is 0.306. The third-order valence-corrected chi connectivity index (χ3v) is 5.04. The molecule has 3 N–H and O–H groups in total. The number of ether oxygens (including phenoxy) is 2. The second-order valence-electron chi connectivity index (χ2n) is 6.95. The number of nitrogen functional groups attached to an aromatic ring is 1. The van der Waals surface area contributed by atoms with Gasteiger partial charge in [0.2, 0.25) is 5.88 Å². The van der Waals surface area contributed by atoms with Crippen LogP contribution >= 0.6 is 11.6 Å². The fourth-order valence-electron chi connectivity index (χ4n) is 3.25. The zero-order valence-corrected chi connectivity index (χ0v) is 18.8. The third-order valence-electron chi connectivity index (χ3n) is 4.83. The molecule has 0 atom stereocenters. The quantitative estimate of drug-likeness (QED) is 0.331. The van der Waals surface area contributed by atoms with Gasteiger partial charge in [0.15, 0.2) is 0 Å². The lowest BCUT2D eigenvalue weighted by atomic mass is 10.1. The van der Waals surface area contributed by atoms with Gasteiger partial charge in [-0.1, -0.05) is 23.6 Å². The van der Waals surface area contributed by atoms with Gasteiger partial charge >= 0.3 is 0 Å². The smallest absolute Gasteiger partial charge is 0.214 e. The summed E-state index contributed by atoms with van der Waals surface area (Å²) in [5, 5.41) is 5.15. The molecule has 9 heteroatoms. The van der Waals surface area contributed by atoms with E-state index in [-0.39, 0.29) is 0 Å². The largest absolute Gasteiger partial charge is 0.495 e. The Hall–Kier alpha value is -4.09. The minimum absolute atomic E-state index is 0.383. The first kappa shape index (κ1) is 22.1. The highest BCUT2D eigenvalue weighted by molar-refractivity contribution is 6.29. The molecule has 4 aromatic rings. The average Bonchev–Trinajstić information content (AvgIpc) is 2.82. The van der Waals surface area contributed by atoms with E-state index >= 15 is 0 Å². The van der Waals surface area contributed by atoms with Crippen LogP contribution in [0.4, 0.5) is 11.6 Å². The third kappa shape index (κ3) is 5.22. The minimum Gasteiger partial charge on any atom is -0.495 e. The Balaban J connectivity index is 1.58. The zero-order chi connectivity index (χ0) is 23.2. The van der Waals surface area contributed by atoms with Crippen LogP contribution < -0.4 is 20.5 Å². The molecule has 0 aromatic carbocycles. The Bertz CT molecular complexity index is 1370.